The van der Waals surface area contributed by atoms with Gasteiger partial charge in [0.1, 0.15) is 18.4 Å². The predicted octanol–water partition coefficient (Wildman–Crippen LogP) is 1.09. The van der Waals surface area contributed by atoms with Crippen molar-refractivity contribution in [3.05, 3.63) is 29.8 Å². The number of aliphatic hydroxyl groups is 1. The van der Waals surface area contributed by atoms with Gasteiger partial charge in [-0.2, -0.15) is 0 Å². The van der Waals surface area contributed by atoms with Crippen molar-refractivity contribution in [2.45, 2.75) is 36.2 Å². The first-order chi connectivity index (χ1) is 11.1. The van der Waals surface area contributed by atoms with Crippen LogP contribution in [0.3, 0.4) is 0 Å². The zero-order valence-electron chi connectivity index (χ0n) is 12.6. The molecule has 0 bridgehead atoms. The maximum atomic E-state index is 11.4. The van der Waals surface area contributed by atoms with Gasteiger partial charge in [-0.15, -0.1) is 11.6 Å². The molecule has 1 saturated carbocycles. The SMILES string of the molecule is O=C(O)C1NNC2CC(Cl)C(c3ccc(OCCO)cc3)CC21. The van der Waals surface area contributed by atoms with Gasteiger partial charge < -0.3 is 14.9 Å². The van der Waals surface area contributed by atoms with E-state index in [1.165, 1.54) is 0 Å². The molecule has 1 aliphatic heterocycles. The average molecular weight is 341 g/mol. The number of hydrogen-bond acceptors (Lipinski definition) is 5. The van der Waals surface area contributed by atoms with E-state index in [-0.39, 0.29) is 36.5 Å². The standard InChI is InChI=1S/C16H21ClN2O4/c17-13-8-14-12(15(16(21)22)19-18-14)7-11(13)9-1-3-10(4-2-9)23-6-5-20/h1-4,11-15,18-20H,5-8H2,(H,21,22). The number of benzene rings is 1. The van der Waals surface area contributed by atoms with Crippen LogP contribution in [0.1, 0.15) is 24.3 Å². The summed E-state index contributed by atoms with van der Waals surface area (Å²) in [6.45, 7) is 0.246. The molecule has 4 N–H and O–H groups in total. The van der Waals surface area contributed by atoms with Crippen LogP contribution >= 0.6 is 11.6 Å². The zero-order valence-corrected chi connectivity index (χ0v) is 13.4. The summed E-state index contributed by atoms with van der Waals surface area (Å²) in [6, 6.07) is 7.19. The third kappa shape index (κ3) is 3.45. The lowest BCUT2D eigenvalue weighted by Gasteiger charge is -2.36. The highest BCUT2D eigenvalue weighted by atomic mass is 35.5. The number of hydrogen-bond donors (Lipinski definition) is 4. The molecule has 2 fully saturated rings. The molecular formula is C16H21ClN2O4. The van der Waals surface area contributed by atoms with Crippen LogP contribution in [0, 0.1) is 5.92 Å². The van der Waals surface area contributed by atoms with Crippen LogP contribution in [-0.2, 0) is 4.79 Å². The van der Waals surface area contributed by atoms with E-state index in [2.05, 4.69) is 10.9 Å². The first-order valence-electron chi connectivity index (χ1n) is 7.81. The maximum absolute atomic E-state index is 11.4. The van der Waals surface area contributed by atoms with Crippen LogP contribution in [0.15, 0.2) is 24.3 Å². The monoisotopic (exact) mass is 340 g/mol. The Balaban J connectivity index is 1.72. The minimum absolute atomic E-state index is 0.0201. The maximum Gasteiger partial charge on any atom is 0.322 e. The first-order valence-corrected chi connectivity index (χ1v) is 8.25. The topological polar surface area (TPSA) is 90.8 Å². The molecule has 0 amide bonds. The van der Waals surface area contributed by atoms with E-state index >= 15 is 0 Å². The Morgan fingerprint density at radius 3 is 2.65 bits per heavy atom. The average Bonchev–Trinajstić information content (AvgIpc) is 2.95. The summed E-state index contributed by atoms with van der Waals surface area (Å²) in [6.07, 6.45) is 1.46. The van der Waals surface area contributed by atoms with Gasteiger partial charge in [0, 0.05) is 23.3 Å². The summed E-state index contributed by atoms with van der Waals surface area (Å²) in [7, 11) is 0. The molecule has 1 aromatic rings. The fourth-order valence-electron chi connectivity index (χ4n) is 3.59. The Bertz CT molecular complexity index is 554. The third-order valence-corrected chi connectivity index (χ3v) is 5.23. The Kier molecular flexibility index (Phi) is 5.06. The second kappa shape index (κ2) is 7.05. The summed E-state index contributed by atoms with van der Waals surface area (Å²) in [5, 5.41) is 18.1. The number of fused-ring (bicyclic) bond motifs is 1. The van der Waals surface area contributed by atoms with Gasteiger partial charge in [-0.25, -0.2) is 5.43 Å². The van der Waals surface area contributed by atoms with Crippen molar-refractivity contribution in [2.75, 3.05) is 13.2 Å². The van der Waals surface area contributed by atoms with E-state index < -0.39 is 12.0 Å². The Hall–Kier alpha value is -1.34. The second-order valence-corrected chi connectivity index (χ2v) is 6.67. The second-order valence-electron chi connectivity index (χ2n) is 6.11. The summed E-state index contributed by atoms with van der Waals surface area (Å²) in [5.41, 5.74) is 7.03. The Morgan fingerprint density at radius 1 is 1.26 bits per heavy atom. The minimum Gasteiger partial charge on any atom is -0.491 e. The van der Waals surface area contributed by atoms with Gasteiger partial charge in [0.25, 0.3) is 0 Å². The van der Waals surface area contributed by atoms with Crippen LogP contribution in [0.2, 0.25) is 0 Å². The highest BCUT2D eigenvalue weighted by Crippen LogP contribution is 2.42. The van der Waals surface area contributed by atoms with E-state index in [1.807, 2.05) is 24.3 Å². The van der Waals surface area contributed by atoms with E-state index in [4.69, 9.17) is 21.4 Å². The molecule has 3 rings (SSSR count). The molecule has 5 atom stereocenters. The summed E-state index contributed by atoms with van der Waals surface area (Å²) >= 11 is 6.55. The largest absolute Gasteiger partial charge is 0.491 e. The number of rotatable bonds is 5. The molecule has 0 aromatic heterocycles. The number of carboxylic acids is 1. The van der Waals surface area contributed by atoms with Gasteiger partial charge in [0.15, 0.2) is 0 Å². The molecule has 2 aliphatic rings. The van der Waals surface area contributed by atoms with Crippen molar-refractivity contribution in [1.82, 2.24) is 10.9 Å². The van der Waals surface area contributed by atoms with Gasteiger partial charge in [-0.05, 0) is 30.5 Å². The number of alkyl halides is 1. The summed E-state index contributed by atoms with van der Waals surface area (Å²) in [5.74, 6) is 0.0194. The number of halogens is 1. The van der Waals surface area contributed by atoms with E-state index in [9.17, 15) is 9.90 Å². The highest BCUT2D eigenvalue weighted by molar-refractivity contribution is 6.21. The molecule has 23 heavy (non-hydrogen) atoms. The molecule has 5 unspecified atom stereocenters. The smallest absolute Gasteiger partial charge is 0.322 e. The fourth-order valence-corrected chi connectivity index (χ4v) is 4.03. The van der Waals surface area contributed by atoms with Crippen LogP contribution in [0.4, 0.5) is 0 Å². The lowest BCUT2D eigenvalue weighted by molar-refractivity contribution is -0.140. The van der Waals surface area contributed by atoms with Gasteiger partial charge >= 0.3 is 5.97 Å². The number of aliphatic carboxylic acids is 1. The molecule has 6 nitrogen and oxygen atoms in total. The van der Waals surface area contributed by atoms with Gasteiger partial charge in [-0.1, -0.05) is 12.1 Å². The molecule has 1 heterocycles. The number of hydrazine groups is 1. The van der Waals surface area contributed by atoms with Gasteiger partial charge in [-0.3, -0.25) is 10.2 Å². The normalized spacial score (nSPS) is 33.2. The van der Waals surface area contributed by atoms with E-state index in [0.717, 1.165) is 18.4 Å². The van der Waals surface area contributed by atoms with Crippen molar-refractivity contribution in [3.63, 3.8) is 0 Å². The first kappa shape index (κ1) is 16.5. The predicted molar refractivity (Wildman–Crippen MR) is 85.6 cm³/mol. The summed E-state index contributed by atoms with van der Waals surface area (Å²) in [4.78, 5) is 11.4. The molecule has 126 valence electrons. The molecule has 1 aromatic carbocycles. The molecule has 0 radical (unpaired) electrons. The van der Waals surface area contributed by atoms with Gasteiger partial charge in [0.2, 0.25) is 0 Å². The molecule has 1 aliphatic carbocycles. The van der Waals surface area contributed by atoms with Crippen molar-refractivity contribution in [2.24, 2.45) is 5.92 Å². The molecule has 0 spiro atoms. The Morgan fingerprint density at radius 2 is 2.00 bits per heavy atom. The van der Waals surface area contributed by atoms with E-state index in [1.54, 1.807) is 0 Å². The van der Waals surface area contributed by atoms with Crippen molar-refractivity contribution >= 4 is 17.6 Å². The fraction of sp³-hybridized carbons (Fsp3) is 0.562. The zero-order chi connectivity index (χ0) is 16.4. The highest BCUT2D eigenvalue weighted by Gasteiger charge is 2.46. The molecule has 1 saturated heterocycles. The number of carbonyl (C=O) groups is 1. The number of nitrogens with one attached hydrogen (secondary N) is 2. The van der Waals surface area contributed by atoms with E-state index in [0.29, 0.717) is 5.75 Å². The molecular weight excluding hydrogens is 320 g/mol. The Labute approximate surface area is 139 Å². The summed E-state index contributed by atoms with van der Waals surface area (Å²) < 4.78 is 5.36. The number of carboxylic acid groups (broad SMARTS) is 1. The van der Waals surface area contributed by atoms with Crippen LogP contribution in [-0.4, -0.2) is 46.9 Å². The van der Waals surface area contributed by atoms with Crippen LogP contribution in [0.25, 0.3) is 0 Å². The molecule has 7 heteroatoms. The minimum atomic E-state index is -0.829. The number of aliphatic hydroxyl groups excluding tert-OH is 1. The van der Waals surface area contributed by atoms with Crippen molar-refractivity contribution < 1.29 is 19.7 Å². The lowest BCUT2D eigenvalue weighted by Crippen LogP contribution is -2.41. The van der Waals surface area contributed by atoms with Crippen LogP contribution in [0.5, 0.6) is 5.75 Å². The van der Waals surface area contributed by atoms with Crippen molar-refractivity contribution in [3.8, 4) is 5.75 Å². The third-order valence-electron chi connectivity index (χ3n) is 4.75. The van der Waals surface area contributed by atoms with Crippen molar-refractivity contribution in [1.29, 1.82) is 0 Å². The lowest BCUT2D eigenvalue weighted by atomic mass is 9.73. The number of ether oxygens (including phenoxy) is 1. The quantitative estimate of drug-likeness (QED) is 0.600. The van der Waals surface area contributed by atoms with Gasteiger partial charge in [0.05, 0.1) is 6.61 Å². The van der Waals surface area contributed by atoms with Crippen LogP contribution < -0.4 is 15.6 Å².